The molecule has 0 aliphatic carbocycles. The third-order valence-corrected chi connectivity index (χ3v) is 5.50. The molecule has 0 radical (unpaired) electrons. The molecule has 4 aromatic rings. The summed E-state index contributed by atoms with van der Waals surface area (Å²) >= 11 is 6.19. The smallest absolute Gasteiger partial charge is 0.272 e. The number of hydrazone groups is 1. The molecular weight excluding hydrogens is 394 g/mol. The minimum Gasteiger partial charge on any atom is -0.340 e. The predicted molar refractivity (Wildman–Crippen MR) is 123 cm³/mol. The fraction of sp³-hybridized carbons (Fsp3) is 0.120. The number of hydrogen-bond acceptors (Lipinski definition) is 2. The Hall–Kier alpha value is -3.37. The quantitative estimate of drug-likeness (QED) is 0.328. The number of carbonyl (C=O) groups excluding carboxylic acids is 1. The second-order valence-electron chi connectivity index (χ2n) is 7.27. The number of rotatable bonds is 5. The number of carbonyl (C=O) groups is 1. The van der Waals surface area contributed by atoms with Gasteiger partial charge in [0.15, 0.2) is 0 Å². The lowest BCUT2D eigenvalue weighted by molar-refractivity contribution is 0.0955. The highest BCUT2D eigenvalue weighted by Gasteiger charge is 2.13. The summed E-state index contributed by atoms with van der Waals surface area (Å²) in [5.74, 6) is -0.332. The number of nitrogens with one attached hydrogen (secondary N) is 1. The van der Waals surface area contributed by atoms with Crippen molar-refractivity contribution in [1.82, 2.24) is 9.99 Å². The normalized spacial score (nSPS) is 11.3. The van der Waals surface area contributed by atoms with Crippen molar-refractivity contribution in [3.8, 4) is 0 Å². The highest BCUT2D eigenvalue weighted by atomic mass is 35.5. The van der Waals surface area contributed by atoms with E-state index in [-0.39, 0.29) is 5.91 Å². The Morgan fingerprint density at radius 2 is 1.77 bits per heavy atom. The first-order chi connectivity index (χ1) is 14.5. The lowest BCUT2D eigenvalue weighted by atomic mass is 10.1. The molecular formula is C25H22ClN3O. The van der Waals surface area contributed by atoms with Crippen LogP contribution in [-0.4, -0.2) is 16.7 Å². The van der Waals surface area contributed by atoms with E-state index in [4.69, 9.17) is 11.6 Å². The zero-order valence-corrected chi connectivity index (χ0v) is 17.6. The minimum atomic E-state index is -0.332. The average Bonchev–Trinajstić information content (AvgIpc) is 3.00. The van der Waals surface area contributed by atoms with Gasteiger partial charge in [-0.2, -0.15) is 5.10 Å². The van der Waals surface area contributed by atoms with Gasteiger partial charge in [-0.1, -0.05) is 66.2 Å². The molecule has 1 heterocycles. The molecule has 3 aromatic carbocycles. The van der Waals surface area contributed by atoms with Gasteiger partial charge in [0.1, 0.15) is 0 Å². The number of benzene rings is 3. The van der Waals surface area contributed by atoms with Crippen LogP contribution in [0.15, 0.2) is 77.9 Å². The summed E-state index contributed by atoms with van der Waals surface area (Å²) in [4.78, 5) is 12.4. The monoisotopic (exact) mass is 415 g/mol. The summed E-state index contributed by atoms with van der Waals surface area (Å²) < 4.78 is 2.27. The first-order valence-electron chi connectivity index (χ1n) is 9.76. The van der Waals surface area contributed by atoms with Crippen LogP contribution in [0, 0.1) is 13.8 Å². The van der Waals surface area contributed by atoms with Gasteiger partial charge in [-0.3, -0.25) is 4.79 Å². The molecule has 30 heavy (non-hydrogen) atoms. The molecule has 0 aliphatic heterocycles. The van der Waals surface area contributed by atoms with Gasteiger partial charge in [-0.25, -0.2) is 5.43 Å². The number of halogens is 1. The Balaban J connectivity index is 1.62. The summed E-state index contributed by atoms with van der Waals surface area (Å²) in [5, 5.41) is 5.73. The van der Waals surface area contributed by atoms with Gasteiger partial charge in [0, 0.05) is 28.7 Å². The maximum absolute atomic E-state index is 12.4. The van der Waals surface area contributed by atoms with E-state index >= 15 is 0 Å². The van der Waals surface area contributed by atoms with Crippen LogP contribution < -0.4 is 5.43 Å². The molecule has 0 saturated carbocycles. The standard InChI is InChI=1S/C25H22ClN3O/c1-17-12-13-21(23(26)14-17)25(30)28-27-15-22-18(2)29(16-19-8-4-3-5-9-19)24-11-7-6-10-20(22)24/h3-15H,16H2,1-2H3,(H,28,30). The Bertz CT molecular complexity index is 1240. The molecule has 4 rings (SSSR count). The van der Waals surface area contributed by atoms with Crippen molar-refractivity contribution in [2.75, 3.05) is 0 Å². The average molecular weight is 416 g/mol. The van der Waals surface area contributed by atoms with Crippen molar-refractivity contribution in [2.45, 2.75) is 20.4 Å². The van der Waals surface area contributed by atoms with Crippen molar-refractivity contribution >= 4 is 34.6 Å². The van der Waals surface area contributed by atoms with Gasteiger partial charge in [0.2, 0.25) is 0 Å². The van der Waals surface area contributed by atoms with Crippen molar-refractivity contribution in [2.24, 2.45) is 5.10 Å². The zero-order chi connectivity index (χ0) is 21.1. The lowest BCUT2D eigenvalue weighted by Gasteiger charge is -2.08. The summed E-state index contributed by atoms with van der Waals surface area (Å²) in [6.45, 7) is 4.77. The van der Waals surface area contributed by atoms with Crippen molar-refractivity contribution in [3.05, 3.63) is 106 Å². The zero-order valence-electron chi connectivity index (χ0n) is 16.9. The summed E-state index contributed by atoms with van der Waals surface area (Å²) in [6, 6.07) is 23.9. The van der Waals surface area contributed by atoms with E-state index in [1.807, 2.05) is 43.3 Å². The number of para-hydroxylation sites is 1. The highest BCUT2D eigenvalue weighted by Crippen LogP contribution is 2.25. The molecule has 0 bridgehead atoms. The third-order valence-electron chi connectivity index (χ3n) is 5.19. The first kappa shape index (κ1) is 19.9. The van der Waals surface area contributed by atoms with Crippen LogP contribution in [0.3, 0.4) is 0 Å². The molecule has 4 nitrogen and oxygen atoms in total. The molecule has 0 saturated heterocycles. The second kappa shape index (κ2) is 8.56. The topological polar surface area (TPSA) is 46.4 Å². The van der Waals surface area contributed by atoms with E-state index in [1.165, 1.54) is 5.56 Å². The van der Waals surface area contributed by atoms with E-state index in [0.717, 1.165) is 34.3 Å². The van der Waals surface area contributed by atoms with Gasteiger partial charge >= 0.3 is 0 Å². The minimum absolute atomic E-state index is 0.332. The molecule has 1 aromatic heterocycles. The van der Waals surface area contributed by atoms with Crippen LogP contribution in [0.25, 0.3) is 10.9 Å². The Morgan fingerprint density at radius 3 is 2.53 bits per heavy atom. The molecule has 0 unspecified atom stereocenters. The van der Waals surface area contributed by atoms with Crippen LogP contribution in [0.1, 0.15) is 32.7 Å². The summed E-state index contributed by atoms with van der Waals surface area (Å²) in [5.41, 5.74) is 8.44. The van der Waals surface area contributed by atoms with Crippen LogP contribution in [-0.2, 0) is 6.54 Å². The van der Waals surface area contributed by atoms with E-state index in [9.17, 15) is 4.79 Å². The lowest BCUT2D eigenvalue weighted by Crippen LogP contribution is -2.18. The summed E-state index contributed by atoms with van der Waals surface area (Å²) in [6.07, 6.45) is 1.71. The Labute approximate surface area is 180 Å². The molecule has 150 valence electrons. The van der Waals surface area contributed by atoms with Crippen molar-refractivity contribution in [3.63, 3.8) is 0 Å². The van der Waals surface area contributed by atoms with Crippen LogP contribution >= 0.6 is 11.6 Å². The van der Waals surface area contributed by atoms with Gasteiger partial charge in [0.05, 0.1) is 16.8 Å². The molecule has 0 spiro atoms. The highest BCUT2D eigenvalue weighted by molar-refractivity contribution is 6.33. The van der Waals surface area contributed by atoms with Gasteiger partial charge < -0.3 is 4.57 Å². The molecule has 1 amide bonds. The van der Waals surface area contributed by atoms with E-state index in [0.29, 0.717) is 10.6 Å². The Morgan fingerprint density at radius 1 is 1.03 bits per heavy atom. The number of aromatic nitrogens is 1. The van der Waals surface area contributed by atoms with Crippen LogP contribution in [0.5, 0.6) is 0 Å². The molecule has 1 N–H and O–H groups in total. The van der Waals surface area contributed by atoms with Gasteiger partial charge in [0.25, 0.3) is 5.91 Å². The fourth-order valence-corrected chi connectivity index (χ4v) is 3.93. The molecule has 0 fully saturated rings. The van der Waals surface area contributed by atoms with Gasteiger partial charge in [-0.15, -0.1) is 0 Å². The number of aryl methyl sites for hydroxylation is 1. The van der Waals surface area contributed by atoms with Crippen molar-refractivity contribution < 1.29 is 4.79 Å². The van der Waals surface area contributed by atoms with E-state index < -0.39 is 0 Å². The molecule has 5 heteroatoms. The largest absolute Gasteiger partial charge is 0.340 e. The number of amides is 1. The third kappa shape index (κ3) is 4.00. The SMILES string of the molecule is Cc1ccc(C(=O)NN=Cc2c(C)n(Cc3ccccc3)c3ccccc23)c(Cl)c1. The number of hydrogen-bond donors (Lipinski definition) is 1. The summed E-state index contributed by atoms with van der Waals surface area (Å²) in [7, 11) is 0. The predicted octanol–water partition coefficient (Wildman–Crippen LogP) is 5.72. The number of nitrogens with zero attached hydrogens (tertiary/aromatic N) is 2. The molecule has 0 aliphatic rings. The Kier molecular flexibility index (Phi) is 5.68. The van der Waals surface area contributed by atoms with Crippen LogP contribution in [0.2, 0.25) is 5.02 Å². The van der Waals surface area contributed by atoms with Gasteiger partial charge in [-0.05, 0) is 43.2 Å². The van der Waals surface area contributed by atoms with Crippen molar-refractivity contribution in [1.29, 1.82) is 0 Å². The maximum atomic E-state index is 12.4. The van der Waals surface area contributed by atoms with Crippen LogP contribution in [0.4, 0.5) is 0 Å². The second-order valence-corrected chi connectivity index (χ2v) is 7.68. The molecule has 0 atom stereocenters. The fourth-order valence-electron chi connectivity index (χ4n) is 3.61. The van der Waals surface area contributed by atoms with E-state index in [2.05, 4.69) is 46.3 Å². The first-order valence-corrected chi connectivity index (χ1v) is 10.1. The van der Waals surface area contributed by atoms with E-state index in [1.54, 1.807) is 18.3 Å². The maximum Gasteiger partial charge on any atom is 0.272 e. The number of fused-ring (bicyclic) bond motifs is 1.